The van der Waals surface area contributed by atoms with Crippen molar-refractivity contribution in [3.63, 3.8) is 0 Å². The quantitative estimate of drug-likeness (QED) is 0.347. The fourth-order valence-corrected chi connectivity index (χ4v) is 3.93. The third-order valence-electron chi connectivity index (χ3n) is 4.43. The van der Waals surface area contributed by atoms with E-state index in [-0.39, 0.29) is 11.7 Å². The van der Waals surface area contributed by atoms with Crippen molar-refractivity contribution in [3.05, 3.63) is 35.9 Å². The summed E-state index contributed by atoms with van der Waals surface area (Å²) in [5.74, 6) is 0. The second kappa shape index (κ2) is 9.21. The first-order chi connectivity index (χ1) is 11.8. The van der Waals surface area contributed by atoms with E-state index in [4.69, 9.17) is 9.47 Å². The maximum Gasteiger partial charge on any atom is 0.410 e. The molecule has 0 aliphatic carbocycles. The van der Waals surface area contributed by atoms with Crippen LogP contribution in [0, 0.1) is 0 Å². The molecule has 1 heterocycles. The number of ether oxygens (including phenoxy) is 2. The Balaban J connectivity index is 1.75. The van der Waals surface area contributed by atoms with Crippen LogP contribution in [0.2, 0.25) is 0 Å². The number of likely N-dealkylation sites (tertiary alicyclic amines) is 1. The van der Waals surface area contributed by atoms with E-state index in [9.17, 15) is 4.79 Å². The zero-order valence-electron chi connectivity index (χ0n) is 15.6. The van der Waals surface area contributed by atoms with Crippen LogP contribution in [0.15, 0.2) is 30.3 Å². The first-order valence-electron chi connectivity index (χ1n) is 9.05. The molecule has 140 valence electrons. The van der Waals surface area contributed by atoms with Gasteiger partial charge in [-0.2, -0.15) is 0 Å². The van der Waals surface area contributed by atoms with E-state index < -0.39 is 5.60 Å². The van der Waals surface area contributed by atoms with Crippen molar-refractivity contribution in [1.29, 1.82) is 0 Å². The summed E-state index contributed by atoms with van der Waals surface area (Å²) in [6.45, 7) is 7.89. The summed E-state index contributed by atoms with van der Waals surface area (Å²) in [6, 6.07) is 10.5. The fourth-order valence-electron chi connectivity index (χ4n) is 2.95. The van der Waals surface area contributed by atoms with Gasteiger partial charge in [0, 0.05) is 24.1 Å². The average molecular weight is 459 g/mol. The molecule has 2 rings (SSSR count). The van der Waals surface area contributed by atoms with Crippen molar-refractivity contribution in [3.8, 4) is 0 Å². The van der Waals surface area contributed by atoms with Crippen LogP contribution in [0.4, 0.5) is 4.79 Å². The molecule has 0 spiro atoms. The molecular formula is C20H30INO3. The van der Waals surface area contributed by atoms with E-state index in [2.05, 4.69) is 46.9 Å². The van der Waals surface area contributed by atoms with Crippen LogP contribution in [-0.4, -0.2) is 46.3 Å². The number of nitrogens with zero attached hydrogens (tertiary/aromatic N) is 1. The van der Waals surface area contributed by atoms with Crippen molar-refractivity contribution >= 4 is 28.7 Å². The van der Waals surface area contributed by atoms with E-state index in [0.717, 1.165) is 36.7 Å². The molecule has 1 aromatic rings. The molecular weight excluding hydrogens is 429 g/mol. The van der Waals surface area contributed by atoms with Crippen molar-refractivity contribution in [2.45, 2.75) is 57.7 Å². The van der Waals surface area contributed by atoms with E-state index in [0.29, 0.717) is 13.1 Å². The molecule has 0 saturated carbocycles. The number of carbonyl (C=O) groups is 1. The van der Waals surface area contributed by atoms with Crippen LogP contribution >= 0.6 is 22.6 Å². The van der Waals surface area contributed by atoms with Gasteiger partial charge in [-0.25, -0.2) is 4.79 Å². The van der Waals surface area contributed by atoms with Gasteiger partial charge in [0.05, 0.1) is 5.60 Å². The van der Waals surface area contributed by atoms with Gasteiger partial charge in [-0.05, 0) is 52.0 Å². The Morgan fingerprint density at radius 2 is 1.84 bits per heavy atom. The third-order valence-corrected chi connectivity index (χ3v) is 5.82. The molecule has 25 heavy (non-hydrogen) atoms. The summed E-state index contributed by atoms with van der Waals surface area (Å²) < 4.78 is 12.7. The number of halogens is 1. The molecule has 0 atom stereocenters. The van der Waals surface area contributed by atoms with Gasteiger partial charge < -0.3 is 14.4 Å². The highest BCUT2D eigenvalue weighted by atomic mass is 127. The highest BCUT2D eigenvalue weighted by molar-refractivity contribution is 14.1. The molecule has 1 aromatic carbocycles. The number of benzene rings is 1. The maximum absolute atomic E-state index is 12.2. The molecule has 1 aliphatic heterocycles. The smallest absolute Gasteiger partial charge is 0.410 e. The standard InChI is InChI=1S/C20H30INO3/c1-19(2,3)25-18(23)22-13-11-20(16-21,12-14-22)24-15-7-10-17-8-5-4-6-9-17/h4-6,8-9H,7,10-16H2,1-3H3. The number of carbonyl (C=O) groups excluding carboxylic acids is 1. The lowest BCUT2D eigenvalue weighted by atomic mass is 9.93. The summed E-state index contributed by atoms with van der Waals surface area (Å²) in [5, 5.41) is 0. The maximum atomic E-state index is 12.2. The molecule has 4 nitrogen and oxygen atoms in total. The van der Waals surface area contributed by atoms with Crippen molar-refractivity contribution < 1.29 is 14.3 Å². The number of rotatable bonds is 6. The van der Waals surface area contributed by atoms with E-state index in [1.54, 1.807) is 0 Å². The molecule has 1 saturated heterocycles. The zero-order valence-corrected chi connectivity index (χ0v) is 17.8. The van der Waals surface area contributed by atoms with Crippen molar-refractivity contribution in [1.82, 2.24) is 4.90 Å². The minimum Gasteiger partial charge on any atom is -0.444 e. The van der Waals surface area contributed by atoms with Crippen LogP contribution < -0.4 is 0 Å². The van der Waals surface area contributed by atoms with Gasteiger partial charge >= 0.3 is 6.09 Å². The van der Waals surface area contributed by atoms with Crippen LogP contribution in [0.5, 0.6) is 0 Å². The lowest BCUT2D eigenvalue weighted by Gasteiger charge is -2.41. The topological polar surface area (TPSA) is 38.8 Å². The number of aryl methyl sites for hydroxylation is 1. The number of alkyl halides is 1. The summed E-state index contributed by atoms with van der Waals surface area (Å²) in [5.41, 5.74) is 0.813. The van der Waals surface area contributed by atoms with Crippen LogP contribution in [0.3, 0.4) is 0 Å². The second-order valence-corrected chi connectivity index (χ2v) is 8.48. The predicted octanol–water partition coefficient (Wildman–Crippen LogP) is 4.84. The molecule has 0 unspecified atom stereocenters. The Morgan fingerprint density at radius 3 is 2.40 bits per heavy atom. The Kier molecular flexibility index (Phi) is 7.55. The number of piperidine rings is 1. The Labute approximate surface area is 165 Å². The summed E-state index contributed by atoms with van der Waals surface area (Å²) >= 11 is 2.41. The van der Waals surface area contributed by atoms with Crippen molar-refractivity contribution in [2.24, 2.45) is 0 Å². The summed E-state index contributed by atoms with van der Waals surface area (Å²) in [7, 11) is 0. The van der Waals surface area contributed by atoms with E-state index in [1.807, 2.05) is 31.7 Å². The first-order valence-corrected chi connectivity index (χ1v) is 10.6. The summed E-state index contributed by atoms with van der Waals surface area (Å²) in [6.07, 6.45) is 3.61. The lowest BCUT2D eigenvalue weighted by Crippen LogP contribution is -2.50. The third kappa shape index (κ3) is 6.77. The van der Waals surface area contributed by atoms with Gasteiger partial charge in [-0.15, -0.1) is 0 Å². The largest absolute Gasteiger partial charge is 0.444 e. The highest BCUT2D eigenvalue weighted by Gasteiger charge is 2.37. The Hall–Kier alpha value is -0.820. The first kappa shape index (κ1) is 20.5. The fraction of sp³-hybridized carbons (Fsp3) is 0.650. The van der Waals surface area contributed by atoms with Crippen molar-refractivity contribution in [2.75, 3.05) is 24.1 Å². The minimum absolute atomic E-state index is 0.101. The molecule has 0 radical (unpaired) electrons. The number of hydrogen-bond acceptors (Lipinski definition) is 3. The average Bonchev–Trinajstić information content (AvgIpc) is 2.59. The van der Waals surface area contributed by atoms with Crippen LogP contribution in [-0.2, 0) is 15.9 Å². The molecule has 1 fully saturated rings. The predicted molar refractivity (Wildman–Crippen MR) is 109 cm³/mol. The Morgan fingerprint density at radius 1 is 1.20 bits per heavy atom. The number of amides is 1. The van der Waals surface area contributed by atoms with Gasteiger partial charge in [-0.3, -0.25) is 0 Å². The Bertz CT molecular complexity index is 534. The van der Waals surface area contributed by atoms with E-state index >= 15 is 0 Å². The molecule has 0 bridgehead atoms. The molecule has 0 aromatic heterocycles. The van der Waals surface area contributed by atoms with Gasteiger partial charge in [0.1, 0.15) is 5.60 Å². The monoisotopic (exact) mass is 459 g/mol. The lowest BCUT2D eigenvalue weighted by molar-refractivity contribution is -0.0679. The molecule has 1 aliphatic rings. The molecule has 1 amide bonds. The van der Waals surface area contributed by atoms with E-state index in [1.165, 1.54) is 5.56 Å². The molecule has 5 heteroatoms. The summed E-state index contributed by atoms with van der Waals surface area (Å²) in [4.78, 5) is 14.0. The second-order valence-electron chi connectivity index (χ2n) is 7.72. The molecule has 0 N–H and O–H groups in total. The van der Waals surface area contributed by atoms with Crippen LogP contribution in [0.25, 0.3) is 0 Å². The van der Waals surface area contributed by atoms with Gasteiger partial charge in [-0.1, -0.05) is 52.9 Å². The normalized spacial score (nSPS) is 17.4. The highest BCUT2D eigenvalue weighted by Crippen LogP contribution is 2.29. The number of hydrogen-bond donors (Lipinski definition) is 0. The zero-order chi connectivity index (χ0) is 18.3. The van der Waals surface area contributed by atoms with Gasteiger partial charge in [0.15, 0.2) is 0 Å². The van der Waals surface area contributed by atoms with Crippen LogP contribution in [0.1, 0.15) is 45.6 Å². The SMILES string of the molecule is CC(C)(C)OC(=O)N1CCC(CI)(OCCCc2ccccc2)CC1. The van der Waals surface area contributed by atoms with Gasteiger partial charge in [0.25, 0.3) is 0 Å². The minimum atomic E-state index is -0.442. The van der Waals surface area contributed by atoms with Gasteiger partial charge in [0.2, 0.25) is 0 Å².